The number of aromatic nitrogens is 2. The molecule has 0 aliphatic carbocycles. The summed E-state index contributed by atoms with van der Waals surface area (Å²) in [6.45, 7) is 4.97. The smallest absolute Gasteiger partial charge is 0.255 e. The van der Waals surface area contributed by atoms with Crippen molar-refractivity contribution in [1.29, 1.82) is 0 Å². The van der Waals surface area contributed by atoms with Crippen LogP contribution in [0.25, 0.3) is 0 Å². The van der Waals surface area contributed by atoms with E-state index in [1.54, 1.807) is 31.3 Å². The molecule has 1 unspecified atom stereocenters. The van der Waals surface area contributed by atoms with Crippen LogP contribution >= 0.6 is 0 Å². The van der Waals surface area contributed by atoms with Crippen LogP contribution in [0.3, 0.4) is 0 Å². The highest BCUT2D eigenvalue weighted by Crippen LogP contribution is 2.28. The third kappa shape index (κ3) is 3.58. The number of imidazole rings is 1. The van der Waals surface area contributed by atoms with Crippen molar-refractivity contribution in [2.24, 2.45) is 0 Å². The van der Waals surface area contributed by atoms with Crippen molar-refractivity contribution in [2.45, 2.75) is 26.9 Å². The molecule has 146 valence electrons. The monoisotopic (exact) mass is 388 g/mol. The van der Waals surface area contributed by atoms with Crippen molar-refractivity contribution in [2.75, 3.05) is 5.73 Å². The Bertz CT molecular complexity index is 1060. The van der Waals surface area contributed by atoms with Crippen molar-refractivity contribution >= 4 is 11.6 Å². The van der Waals surface area contributed by atoms with Gasteiger partial charge in [-0.2, -0.15) is 0 Å². The Kier molecular flexibility index (Phi) is 5.13. The summed E-state index contributed by atoms with van der Waals surface area (Å²) in [6.07, 6.45) is 1.78. The Balaban J connectivity index is 2.09. The van der Waals surface area contributed by atoms with Gasteiger partial charge in [0, 0.05) is 17.4 Å². The molecule has 0 bridgehead atoms. The molecule has 0 aliphatic heterocycles. The van der Waals surface area contributed by atoms with Crippen molar-refractivity contribution in [3.8, 4) is 0 Å². The topological polar surface area (TPSA) is 72.9 Å². The van der Waals surface area contributed by atoms with E-state index in [0.29, 0.717) is 5.69 Å². The molecule has 3 N–H and O–H groups in total. The van der Waals surface area contributed by atoms with Gasteiger partial charge in [-0.05, 0) is 50.1 Å². The van der Waals surface area contributed by atoms with E-state index < -0.39 is 29.5 Å². The number of nitrogens with one attached hydrogen (secondary N) is 1. The largest absolute Gasteiger partial charge is 0.398 e. The number of halogens is 3. The quantitative estimate of drug-likeness (QED) is 0.528. The van der Waals surface area contributed by atoms with Crippen molar-refractivity contribution < 1.29 is 18.0 Å². The first kappa shape index (κ1) is 19.5. The predicted molar refractivity (Wildman–Crippen MR) is 99.2 cm³/mol. The lowest BCUT2D eigenvalue weighted by Gasteiger charge is -2.23. The van der Waals surface area contributed by atoms with Gasteiger partial charge < -0.3 is 15.6 Å². The van der Waals surface area contributed by atoms with E-state index in [2.05, 4.69) is 10.3 Å². The number of carbonyl (C=O) groups excluding carboxylic acids is 1. The van der Waals surface area contributed by atoms with Crippen LogP contribution in [-0.2, 0) is 0 Å². The maximum absolute atomic E-state index is 14.6. The fourth-order valence-corrected chi connectivity index (χ4v) is 3.03. The molecular formula is C20H19F3N4O. The summed E-state index contributed by atoms with van der Waals surface area (Å²) in [5.41, 5.74) is 7.78. The number of benzene rings is 2. The summed E-state index contributed by atoms with van der Waals surface area (Å²) >= 11 is 0. The number of rotatable bonds is 4. The van der Waals surface area contributed by atoms with Gasteiger partial charge in [0.1, 0.15) is 6.17 Å². The lowest BCUT2D eigenvalue weighted by atomic mass is 10.0. The Morgan fingerprint density at radius 3 is 2.46 bits per heavy atom. The molecule has 1 aromatic heterocycles. The van der Waals surface area contributed by atoms with E-state index >= 15 is 0 Å². The molecule has 1 heterocycles. The summed E-state index contributed by atoms with van der Waals surface area (Å²) in [7, 11) is 0. The summed E-state index contributed by atoms with van der Waals surface area (Å²) < 4.78 is 43.5. The number of carbonyl (C=O) groups is 1. The van der Waals surface area contributed by atoms with Crippen molar-refractivity contribution in [3.05, 3.63) is 82.2 Å². The molecule has 2 aromatic carbocycles. The molecule has 0 saturated carbocycles. The molecule has 3 aromatic rings. The molecule has 3 rings (SSSR count). The Labute approximate surface area is 160 Å². The van der Waals surface area contributed by atoms with Gasteiger partial charge >= 0.3 is 0 Å². The summed E-state index contributed by atoms with van der Waals surface area (Å²) in [5.74, 6) is -4.86. The molecular weight excluding hydrogens is 369 g/mol. The fourth-order valence-electron chi connectivity index (χ4n) is 3.03. The zero-order valence-electron chi connectivity index (χ0n) is 15.6. The first-order valence-electron chi connectivity index (χ1n) is 8.50. The highest BCUT2D eigenvalue weighted by molar-refractivity contribution is 5.99. The van der Waals surface area contributed by atoms with Crippen LogP contribution in [0, 0.1) is 38.2 Å². The number of hydrogen-bond acceptors (Lipinski definition) is 3. The number of nitrogen functional groups attached to an aromatic ring is 1. The van der Waals surface area contributed by atoms with Crippen LogP contribution < -0.4 is 11.1 Å². The first-order chi connectivity index (χ1) is 13.2. The van der Waals surface area contributed by atoms with E-state index in [0.717, 1.165) is 11.6 Å². The minimum Gasteiger partial charge on any atom is -0.398 e. The number of anilines is 1. The molecule has 28 heavy (non-hydrogen) atoms. The van der Waals surface area contributed by atoms with Crippen LogP contribution in [0.5, 0.6) is 0 Å². The fraction of sp³-hybridized carbons (Fsp3) is 0.200. The van der Waals surface area contributed by atoms with Crippen LogP contribution in [0.15, 0.2) is 36.8 Å². The van der Waals surface area contributed by atoms with Crippen LogP contribution in [0.4, 0.5) is 18.9 Å². The maximum atomic E-state index is 14.6. The zero-order chi connectivity index (χ0) is 20.6. The molecule has 8 heteroatoms. The van der Waals surface area contributed by atoms with Gasteiger partial charge in [0.15, 0.2) is 17.5 Å². The zero-order valence-corrected chi connectivity index (χ0v) is 15.6. The van der Waals surface area contributed by atoms with E-state index in [9.17, 15) is 18.0 Å². The Morgan fingerprint density at radius 1 is 1.14 bits per heavy atom. The van der Waals surface area contributed by atoms with Gasteiger partial charge in [-0.15, -0.1) is 0 Å². The SMILES string of the molecule is Cc1ccc(C(=O)NC(c2c(C)cc(F)c(F)c2F)n2cnc(C)c2)c(N)c1. The molecule has 0 spiro atoms. The number of aryl methyl sites for hydroxylation is 3. The molecule has 5 nitrogen and oxygen atoms in total. The third-order valence-corrected chi connectivity index (χ3v) is 4.43. The molecule has 0 aliphatic rings. The van der Waals surface area contributed by atoms with Gasteiger partial charge in [-0.1, -0.05) is 6.07 Å². The van der Waals surface area contributed by atoms with E-state index in [4.69, 9.17) is 5.73 Å². The average molecular weight is 388 g/mol. The number of nitrogens with zero attached hydrogens (tertiary/aromatic N) is 2. The van der Waals surface area contributed by atoms with Crippen LogP contribution in [0.2, 0.25) is 0 Å². The molecule has 0 saturated heterocycles. The van der Waals surface area contributed by atoms with Gasteiger partial charge in [-0.25, -0.2) is 18.2 Å². The van der Waals surface area contributed by atoms with Gasteiger partial charge in [0.2, 0.25) is 0 Å². The number of nitrogens with two attached hydrogens (primary N) is 1. The van der Waals surface area contributed by atoms with Crippen LogP contribution in [0.1, 0.15) is 38.9 Å². The number of hydrogen-bond donors (Lipinski definition) is 2. The maximum Gasteiger partial charge on any atom is 0.255 e. The van der Waals surface area contributed by atoms with Gasteiger partial charge in [0.25, 0.3) is 5.91 Å². The third-order valence-electron chi connectivity index (χ3n) is 4.43. The number of amides is 1. The normalized spacial score (nSPS) is 12.1. The lowest BCUT2D eigenvalue weighted by Crippen LogP contribution is -2.34. The second kappa shape index (κ2) is 7.38. The molecule has 0 fully saturated rings. The lowest BCUT2D eigenvalue weighted by molar-refractivity contribution is 0.0930. The van der Waals surface area contributed by atoms with Crippen LogP contribution in [-0.4, -0.2) is 15.5 Å². The van der Waals surface area contributed by atoms with Crippen molar-refractivity contribution in [1.82, 2.24) is 14.9 Å². The molecule has 1 amide bonds. The minimum atomic E-state index is -1.61. The highest BCUT2D eigenvalue weighted by atomic mass is 19.2. The van der Waals surface area contributed by atoms with E-state index in [1.165, 1.54) is 17.8 Å². The standard InChI is InChI=1S/C20H19F3N4O/c1-10-4-5-13(15(24)6-10)20(28)26-19(27-8-12(3)25-9-27)16-11(2)7-14(21)17(22)18(16)23/h4-9,19H,24H2,1-3H3,(H,26,28). The summed E-state index contributed by atoms with van der Waals surface area (Å²) in [4.78, 5) is 16.9. The van der Waals surface area contributed by atoms with Gasteiger partial charge in [-0.3, -0.25) is 4.79 Å². The highest BCUT2D eigenvalue weighted by Gasteiger charge is 2.27. The minimum absolute atomic E-state index is 0.143. The van der Waals surface area contributed by atoms with Gasteiger partial charge in [0.05, 0.1) is 17.6 Å². The summed E-state index contributed by atoms with van der Waals surface area (Å²) in [5, 5.41) is 2.64. The van der Waals surface area contributed by atoms with Crippen molar-refractivity contribution in [3.63, 3.8) is 0 Å². The Hall–Kier alpha value is -3.29. The second-order valence-electron chi connectivity index (χ2n) is 6.65. The van der Waals surface area contributed by atoms with E-state index in [-0.39, 0.29) is 22.4 Å². The summed E-state index contributed by atoms with van der Waals surface area (Å²) in [6, 6.07) is 5.78. The molecule has 1 atom stereocenters. The molecule has 0 radical (unpaired) electrons. The first-order valence-corrected chi connectivity index (χ1v) is 8.50. The average Bonchev–Trinajstić information content (AvgIpc) is 3.05. The van der Waals surface area contributed by atoms with E-state index in [1.807, 2.05) is 6.92 Å². The predicted octanol–water partition coefficient (Wildman–Crippen LogP) is 3.78. The second-order valence-corrected chi connectivity index (χ2v) is 6.65. The Morgan fingerprint density at radius 2 is 1.86 bits per heavy atom.